The van der Waals surface area contributed by atoms with Crippen molar-refractivity contribution in [2.24, 2.45) is 0 Å². The van der Waals surface area contributed by atoms with Crippen LogP contribution < -0.4 is 32.7 Å². The van der Waals surface area contributed by atoms with Crippen molar-refractivity contribution in [2.75, 3.05) is 72.3 Å². The van der Waals surface area contributed by atoms with E-state index in [-0.39, 0.29) is 34.8 Å². The van der Waals surface area contributed by atoms with E-state index in [1.165, 1.54) is 52.7 Å². The summed E-state index contributed by atoms with van der Waals surface area (Å²) in [5.74, 6) is 2.43. The Labute approximate surface area is 251 Å². The Kier molecular flexibility index (Phi) is 9.02. The second-order valence-corrected chi connectivity index (χ2v) is 11.8. The lowest BCUT2D eigenvalue weighted by atomic mass is 10.1. The molecule has 0 saturated carbocycles. The van der Waals surface area contributed by atoms with Gasteiger partial charge in [-0.05, 0) is 42.0 Å². The molecule has 1 amide bonds. The number of nitrogens with zero attached hydrogens (tertiary/aromatic N) is 3. The molecule has 0 bridgehead atoms. The van der Waals surface area contributed by atoms with Crippen molar-refractivity contribution in [3.63, 3.8) is 0 Å². The molecule has 1 fully saturated rings. The largest absolute Gasteiger partial charge is 0.497 e. The van der Waals surface area contributed by atoms with Gasteiger partial charge in [0.2, 0.25) is 12.7 Å². The first-order valence-corrected chi connectivity index (χ1v) is 15.1. The Morgan fingerprint density at radius 3 is 2.19 bits per heavy atom. The fraction of sp³-hybridized carbons (Fsp3) is 0.367. The molecule has 12 nitrogen and oxygen atoms in total. The van der Waals surface area contributed by atoms with Gasteiger partial charge < -0.3 is 33.3 Å². The fourth-order valence-electron chi connectivity index (χ4n) is 5.07. The number of piperazine rings is 1. The molecule has 43 heavy (non-hydrogen) atoms. The number of rotatable bonds is 11. The maximum Gasteiger partial charge on any atom is 0.265 e. The molecule has 230 valence electrons. The maximum atomic E-state index is 14.2. The van der Waals surface area contributed by atoms with E-state index < -0.39 is 16.6 Å². The van der Waals surface area contributed by atoms with Gasteiger partial charge in [-0.2, -0.15) is 0 Å². The highest BCUT2D eigenvalue weighted by Gasteiger charge is 2.33. The van der Waals surface area contributed by atoms with Gasteiger partial charge in [0, 0.05) is 44.9 Å². The fourth-order valence-corrected chi connectivity index (χ4v) is 6.50. The molecule has 5 rings (SSSR count). The van der Waals surface area contributed by atoms with Crippen LogP contribution in [0, 0.1) is 0 Å². The van der Waals surface area contributed by atoms with Crippen LogP contribution in [0.5, 0.6) is 34.5 Å². The lowest BCUT2D eigenvalue weighted by molar-refractivity contribution is -0.131. The molecule has 3 aromatic carbocycles. The molecule has 0 aromatic heterocycles. The number of ether oxygens (including phenoxy) is 6. The average molecular weight is 614 g/mol. The predicted octanol–water partition coefficient (Wildman–Crippen LogP) is 2.99. The molecule has 2 heterocycles. The minimum atomic E-state index is -4.28. The van der Waals surface area contributed by atoms with Crippen molar-refractivity contribution in [2.45, 2.75) is 11.4 Å². The van der Waals surface area contributed by atoms with E-state index >= 15 is 0 Å². The number of methoxy groups -OCH3 is 4. The molecule has 0 N–H and O–H groups in total. The van der Waals surface area contributed by atoms with Gasteiger partial charge in [0.15, 0.2) is 23.0 Å². The summed E-state index contributed by atoms with van der Waals surface area (Å²) < 4.78 is 61.7. The van der Waals surface area contributed by atoms with Crippen LogP contribution in [0.3, 0.4) is 0 Å². The lowest BCUT2D eigenvalue weighted by Crippen LogP contribution is -2.51. The summed E-state index contributed by atoms with van der Waals surface area (Å²) in [6.07, 6.45) is 0. The molecule has 0 radical (unpaired) electrons. The highest BCUT2D eigenvalue weighted by atomic mass is 32.2. The number of carbonyl (C=O) groups excluding carboxylic acids is 1. The van der Waals surface area contributed by atoms with Crippen LogP contribution in [0.4, 0.5) is 5.69 Å². The normalized spacial score (nSPS) is 14.7. The summed E-state index contributed by atoms with van der Waals surface area (Å²) in [5, 5.41) is 0. The van der Waals surface area contributed by atoms with E-state index in [0.29, 0.717) is 44.2 Å². The lowest BCUT2D eigenvalue weighted by Gasteiger charge is -2.36. The number of fused-ring (bicyclic) bond motifs is 1. The molecule has 0 unspecified atom stereocenters. The van der Waals surface area contributed by atoms with E-state index in [0.717, 1.165) is 21.4 Å². The standard InChI is InChI=1S/C30H35N3O9S/c1-37-22-6-9-25(38-2)24(16-22)33(43(35,36)23-7-10-26(39-3)28(17-23)40-4)19-30(34)32-13-11-31(12-14-32)18-21-5-8-27-29(15-21)42-20-41-27/h5-10,15-17H,11-14,18-20H2,1-4H3. The molecular weight excluding hydrogens is 578 g/mol. The van der Waals surface area contributed by atoms with Gasteiger partial charge in [0.1, 0.15) is 18.0 Å². The minimum absolute atomic E-state index is 0.0728. The summed E-state index contributed by atoms with van der Waals surface area (Å²) in [5.41, 5.74) is 1.26. The zero-order chi connectivity index (χ0) is 30.6. The van der Waals surface area contributed by atoms with Gasteiger partial charge in [-0.25, -0.2) is 8.42 Å². The van der Waals surface area contributed by atoms with Crippen molar-refractivity contribution < 1.29 is 41.6 Å². The first-order valence-electron chi connectivity index (χ1n) is 13.6. The summed E-state index contributed by atoms with van der Waals surface area (Å²) in [4.78, 5) is 17.5. The van der Waals surface area contributed by atoms with Crippen molar-refractivity contribution in [3.8, 4) is 34.5 Å². The number of amides is 1. The van der Waals surface area contributed by atoms with Crippen molar-refractivity contribution in [3.05, 3.63) is 60.2 Å². The quantitative estimate of drug-likeness (QED) is 0.320. The molecule has 3 aromatic rings. The van der Waals surface area contributed by atoms with Gasteiger partial charge >= 0.3 is 0 Å². The van der Waals surface area contributed by atoms with Crippen LogP contribution in [0.15, 0.2) is 59.5 Å². The number of benzene rings is 3. The average Bonchev–Trinajstić information content (AvgIpc) is 3.51. The molecule has 13 heteroatoms. The highest BCUT2D eigenvalue weighted by Crippen LogP contribution is 2.38. The SMILES string of the molecule is COc1ccc(OC)c(N(CC(=O)N2CCN(Cc3ccc4c(c3)OCO4)CC2)S(=O)(=O)c2ccc(OC)c(OC)c2)c1. The van der Waals surface area contributed by atoms with E-state index in [4.69, 9.17) is 28.4 Å². The molecular formula is C30H35N3O9S. The molecule has 0 spiro atoms. The van der Waals surface area contributed by atoms with Gasteiger partial charge in [0.05, 0.1) is 39.0 Å². The smallest absolute Gasteiger partial charge is 0.265 e. The zero-order valence-corrected chi connectivity index (χ0v) is 25.4. The first kappa shape index (κ1) is 30.1. The Hall–Kier alpha value is -4.36. The van der Waals surface area contributed by atoms with Crippen molar-refractivity contribution >= 4 is 21.6 Å². The van der Waals surface area contributed by atoms with E-state index in [9.17, 15) is 13.2 Å². The number of anilines is 1. The molecule has 0 atom stereocenters. The Bertz CT molecular complexity index is 1570. The van der Waals surface area contributed by atoms with Crippen LogP contribution in [0.2, 0.25) is 0 Å². The third-order valence-corrected chi connectivity index (χ3v) is 9.20. The summed E-state index contributed by atoms with van der Waals surface area (Å²) >= 11 is 0. The minimum Gasteiger partial charge on any atom is -0.497 e. The summed E-state index contributed by atoms with van der Waals surface area (Å²) in [6.45, 7) is 2.63. The number of sulfonamides is 1. The predicted molar refractivity (Wildman–Crippen MR) is 158 cm³/mol. The summed E-state index contributed by atoms with van der Waals surface area (Å²) in [7, 11) is 1.53. The number of hydrogen-bond acceptors (Lipinski definition) is 10. The third kappa shape index (κ3) is 6.37. The van der Waals surface area contributed by atoms with Gasteiger partial charge in [-0.15, -0.1) is 0 Å². The Morgan fingerprint density at radius 1 is 0.791 bits per heavy atom. The van der Waals surface area contributed by atoms with Crippen molar-refractivity contribution in [1.29, 1.82) is 0 Å². The highest BCUT2D eigenvalue weighted by molar-refractivity contribution is 7.92. The van der Waals surface area contributed by atoms with Crippen LogP contribution in [0.1, 0.15) is 5.56 Å². The van der Waals surface area contributed by atoms with E-state index in [1.54, 1.807) is 17.0 Å². The topological polar surface area (TPSA) is 116 Å². The Balaban J connectivity index is 1.37. The number of hydrogen-bond donors (Lipinski definition) is 0. The second-order valence-electron chi connectivity index (χ2n) is 9.91. The van der Waals surface area contributed by atoms with Gasteiger partial charge in [0.25, 0.3) is 10.0 Å². The Morgan fingerprint density at radius 2 is 1.49 bits per heavy atom. The third-order valence-electron chi connectivity index (χ3n) is 7.44. The molecule has 1 saturated heterocycles. The molecule has 2 aliphatic rings. The number of carbonyl (C=O) groups is 1. The van der Waals surface area contributed by atoms with Crippen molar-refractivity contribution in [1.82, 2.24) is 9.80 Å². The molecule has 0 aliphatic carbocycles. The maximum absolute atomic E-state index is 14.2. The van der Waals surface area contributed by atoms with E-state index in [1.807, 2.05) is 18.2 Å². The van der Waals surface area contributed by atoms with Crippen LogP contribution in [0.25, 0.3) is 0 Å². The molecule has 2 aliphatic heterocycles. The van der Waals surface area contributed by atoms with Crippen LogP contribution >= 0.6 is 0 Å². The van der Waals surface area contributed by atoms with Crippen LogP contribution in [-0.2, 0) is 21.4 Å². The van der Waals surface area contributed by atoms with Gasteiger partial charge in [-0.3, -0.25) is 14.0 Å². The van der Waals surface area contributed by atoms with Gasteiger partial charge in [-0.1, -0.05) is 6.07 Å². The second kappa shape index (κ2) is 12.9. The first-order chi connectivity index (χ1) is 20.8. The van der Waals surface area contributed by atoms with Crippen LogP contribution in [-0.4, -0.2) is 92.1 Å². The monoisotopic (exact) mass is 613 g/mol. The summed E-state index contributed by atoms with van der Waals surface area (Å²) in [6, 6.07) is 15.0. The van der Waals surface area contributed by atoms with E-state index in [2.05, 4.69) is 4.90 Å². The zero-order valence-electron chi connectivity index (χ0n) is 24.6.